The number of hydrogen-bond acceptors (Lipinski definition) is 2. The van der Waals surface area contributed by atoms with E-state index in [2.05, 4.69) is 4.51 Å². The van der Waals surface area contributed by atoms with Gasteiger partial charge >= 0.3 is 5.97 Å². The molecule has 2 aliphatic carbocycles. The minimum Gasteiger partial charge on any atom is -0.463 e. The van der Waals surface area contributed by atoms with Gasteiger partial charge in [0.05, 0.1) is 0 Å². The Kier molecular flexibility index (Phi) is 2.01. The molecule has 3 atom stereocenters. The van der Waals surface area contributed by atoms with Gasteiger partial charge in [-0.15, -0.1) is 20.7 Å². The zero-order valence-electron chi connectivity index (χ0n) is 7.18. The number of carbonyl (C=O) groups is 1. The molecule has 0 saturated heterocycles. The van der Waals surface area contributed by atoms with E-state index in [1.165, 1.54) is 13.3 Å². The van der Waals surface area contributed by atoms with Crippen molar-refractivity contribution in [2.75, 3.05) is 0 Å². The Morgan fingerprint density at radius 2 is 2.42 bits per heavy atom. The minimum absolute atomic E-state index is 0.0999. The van der Waals surface area contributed by atoms with E-state index in [1.54, 1.807) is 0 Å². The zero-order chi connectivity index (χ0) is 8.77. The van der Waals surface area contributed by atoms with E-state index in [4.69, 9.17) is 4.74 Å². The van der Waals surface area contributed by atoms with E-state index in [0.717, 1.165) is 18.8 Å². The van der Waals surface area contributed by atoms with Gasteiger partial charge < -0.3 is 4.74 Å². The quantitative estimate of drug-likeness (QED) is 0.438. The number of carbonyl (C=O) groups excluding carboxylic acids is 1. The Hall–Kier alpha value is 0.0700. The summed E-state index contributed by atoms with van der Waals surface area (Å²) < 4.78 is 9.84. The van der Waals surface area contributed by atoms with Crippen molar-refractivity contribution in [2.24, 2.45) is 5.92 Å². The zero-order valence-corrected chi connectivity index (χ0v) is 9.34. The first kappa shape index (κ1) is 8.66. The van der Waals surface area contributed by atoms with Gasteiger partial charge in [0.15, 0.2) is 0 Å². The molecule has 2 rings (SSSR count). The van der Waals surface area contributed by atoms with Crippen molar-refractivity contribution in [1.29, 1.82) is 0 Å². The van der Waals surface area contributed by atoms with Crippen LogP contribution >= 0.6 is 20.7 Å². The molecule has 0 amide bonds. The van der Waals surface area contributed by atoms with Crippen molar-refractivity contribution in [3.05, 3.63) is 0 Å². The SMILES string of the molecule is C=I[C@]12CC1C[C@@H](OC(C)=O)C2. The first-order valence-corrected chi connectivity index (χ1v) is 6.83. The van der Waals surface area contributed by atoms with Crippen molar-refractivity contribution < 1.29 is 9.53 Å². The van der Waals surface area contributed by atoms with Gasteiger partial charge in [-0.05, 0) is 25.2 Å². The number of alkyl halides is 1. The van der Waals surface area contributed by atoms with Gasteiger partial charge in [0.25, 0.3) is 0 Å². The van der Waals surface area contributed by atoms with Crippen molar-refractivity contribution in [3.8, 4) is 0 Å². The van der Waals surface area contributed by atoms with Gasteiger partial charge in [-0.1, -0.05) is 4.51 Å². The van der Waals surface area contributed by atoms with Crippen LogP contribution in [-0.4, -0.2) is 20.0 Å². The van der Waals surface area contributed by atoms with Crippen molar-refractivity contribution >= 4 is 31.2 Å². The highest BCUT2D eigenvalue weighted by atomic mass is 127. The Bertz CT molecular complexity index is 239. The predicted octanol–water partition coefficient (Wildman–Crippen LogP) is 1.87. The summed E-state index contributed by atoms with van der Waals surface area (Å²) in [6, 6.07) is 0. The van der Waals surface area contributed by atoms with Crippen LogP contribution in [0.2, 0.25) is 0 Å². The molecule has 1 unspecified atom stereocenters. The molecule has 2 aliphatic rings. The Labute approximate surface area is 82.4 Å². The molecule has 12 heavy (non-hydrogen) atoms. The molecule has 0 radical (unpaired) electrons. The number of ether oxygens (including phenoxy) is 1. The molecule has 0 aromatic heterocycles. The van der Waals surface area contributed by atoms with Gasteiger partial charge in [0, 0.05) is 10.3 Å². The van der Waals surface area contributed by atoms with Gasteiger partial charge in [-0.25, -0.2) is 0 Å². The highest BCUT2D eigenvalue weighted by Gasteiger charge is 2.59. The number of hydrogen-bond donors (Lipinski definition) is 0. The fourth-order valence-corrected chi connectivity index (χ4v) is 4.74. The summed E-state index contributed by atoms with van der Waals surface area (Å²) in [5, 5.41) is 0. The van der Waals surface area contributed by atoms with Crippen molar-refractivity contribution in [1.82, 2.24) is 0 Å². The van der Waals surface area contributed by atoms with Crippen molar-refractivity contribution in [3.63, 3.8) is 0 Å². The van der Waals surface area contributed by atoms with E-state index in [-0.39, 0.29) is 32.8 Å². The number of halogens is 1. The van der Waals surface area contributed by atoms with E-state index >= 15 is 0 Å². The topological polar surface area (TPSA) is 26.3 Å². The van der Waals surface area contributed by atoms with Gasteiger partial charge in [-0.3, -0.25) is 4.79 Å². The third-order valence-electron chi connectivity index (χ3n) is 2.87. The molecule has 0 heterocycles. The molecule has 0 N–H and O–H groups in total. The Morgan fingerprint density at radius 1 is 1.67 bits per heavy atom. The Balaban J connectivity index is 1.92. The summed E-state index contributed by atoms with van der Waals surface area (Å²) in [5.74, 6) is 0.728. The fourth-order valence-electron chi connectivity index (χ4n) is 2.22. The molecular weight excluding hydrogens is 267 g/mol. The second-order valence-corrected chi connectivity index (χ2v) is 6.65. The molecule has 0 aromatic rings. The van der Waals surface area contributed by atoms with Crippen LogP contribution in [0.15, 0.2) is 0 Å². The third-order valence-corrected chi connectivity index (χ3v) is 6.15. The van der Waals surface area contributed by atoms with Gasteiger partial charge in [-0.2, -0.15) is 0 Å². The summed E-state index contributed by atoms with van der Waals surface area (Å²) in [7, 11) is 0. The highest BCUT2D eigenvalue weighted by molar-refractivity contribution is 14.2. The van der Waals surface area contributed by atoms with Crippen LogP contribution in [0.1, 0.15) is 26.2 Å². The standard InChI is InChI=1S/C9H13IO2/c1-6(11)12-8-3-7-4-9(7,5-8)10-2/h7-8H,2-5H2,1H3/t7?,8-,9+/m1/s1. The molecular formula is C9H13IO2. The summed E-state index contributed by atoms with van der Waals surface area (Å²) >= 11 is 0.0999. The maximum atomic E-state index is 10.7. The lowest BCUT2D eigenvalue weighted by Gasteiger charge is -2.13. The van der Waals surface area contributed by atoms with E-state index in [9.17, 15) is 4.79 Å². The van der Waals surface area contributed by atoms with E-state index < -0.39 is 0 Å². The molecule has 68 valence electrons. The smallest absolute Gasteiger partial charge is 0.302 e. The molecule has 0 aromatic carbocycles. The summed E-state index contributed by atoms with van der Waals surface area (Å²) in [5.41, 5.74) is 0. The average molecular weight is 280 g/mol. The van der Waals surface area contributed by atoms with Crippen LogP contribution in [-0.2, 0) is 9.53 Å². The monoisotopic (exact) mass is 280 g/mol. The lowest BCUT2D eigenvalue weighted by atomic mass is 10.2. The van der Waals surface area contributed by atoms with Crippen LogP contribution in [0.5, 0.6) is 0 Å². The van der Waals surface area contributed by atoms with Crippen LogP contribution in [0.3, 0.4) is 0 Å². The lowest BCUT2D eigenvalue weighted by molar-refractivity contribution is -0.146. The van der Waals surface area contributed by atoms with Crippen molar-refractivity contribution in [2.45, 2.75) is 35.7 Å². The molecule has 2 nitrogen and oxygen atoms in total. The maximum absolute atomic E-state index is 10.7. The normalized spacial score (nSPS) is 43.8. The molecule has 2 saturated carbocycles. The first-order chi connectivity index (χ1) is 5.66. The largest absolute Gasteiger partial charge is 0.463 e. The highest BCUT2D eigenvalue weighted by Crippen LogP contribution is 2.64. The van der Waals surface area contributed by atoms with Crippen LogP contribution < -0.4 is 0 Å². The van der Waals surface area contributed by atoms with E-state index in [0.29, 0.717) is 3.42 Å². The average Bonchev–Trinajstić information content (AvgIpc) is 2.54. The number of rotatable bonds is 2. The second-order valence-electron chi connectivity index (χ2n) is 3.74. The predicted molar refractivity (Wildman–Crippen MR) is 56.8 cm³/mol. The van der Waals surface area contributed by atoms with Gasteiger partial charge in [0.1, 0.15) is 6.10 Å². The Morgan fingerprint density at radius 3 is 2.92 bits per heavy atom. The van der Waals surface area contributed by atoms with Crippen LogP contribution in [0.4, 0.5) is 0 Å². The molecule has 0 bridgehead atoms. The lowest BCUT2D eigenvalue weighted by Crippen LogP contribution is -2.15. The molecule has 2 fully saturated rings. The maximum Gasteiger partial charge on any atom is 0.302 e. The summed E-state index contributed by atoms with van der Waals surface area (Å²) in [4.78, 5) is 10.7. The first-order valence-electron chi connectivity index (χ1n) is 4.23. The van der Waals surface area contributed by atoms with Crippen LogP contribution in [0, 0.1) is 5.92 Å². The second kappa shape index (κ2) is 2.79. The minimum atomic E-state index is -0.126. The fraction of sp³-hybridized carbons (Fsp3) is 0.778. The van der Waals surface area contributed by atoms with Gasteiger partial charge in [0.2, 0.25) is 0 Å². The molecule has 0 aliphatic heterocycles. The number of fused-ring (bicyclic) bond motifs is 1. The number of esters is 1. The third kappa shape index (κ3) is 1.32. The van der Waals surface area contributed by atoms with E-state index in [1.807, 2.05) is 0 Å². The van der Waals surface area contributed by atoms with Crippen LogP contribution in [0.25, 0.3) is 0 Å². The molecule has 3 heteroatoms. The summed E-state index contributed by atoms with van der Waals surface area (Å²) in [6.45, 7) is 1.50. The molecule has 0 spiro atoms. The summed E-state index contributed by atoms with van der Waals surface area (Å²) in [6.07, 6.45) is 3.80.